The van der Waals surface area contributed by atoms with Crippen LogP contribution < -0.4 is 4.74 Å². The van der Waals surface area contributed by atoms with Gasteiger partial charge in [-0.1, -0.05) is 48.5 Å². The van der Waals surface area contributed by atoms with Crippen LogP contribution in [0, 0.1) is 0 Å². The van der Waals surface area contributed by atoms with Gasteiger partial charge in [-0.3, -0.25) is 4.90 Å². The number of likely N-dealkylation sites (tertiary alicyclic amines) is 1. The zero-order valence-electron chi connectivity index (χ0n) is 17.0. The molecule has 28 heavy (non-hydrogen) atoms. The molecule has 0 aliphatic carbocycles. The van der Waals surface area contributed by atoms with Gasteiger partial charge in [0.05, 0.1) is 19.3 Å². The van der Waals surface area contributed by atoms with Crippen molar-refractivity contribution in [2.75, 3.05) is 46.4 Å². The van der Waals surface area contributed by atoms with E-state index in [-0.39, 0.29) is 5.60 Å². The summed E-state index contributed by atoms with van der Waals surface area (Å²) < 4.78 is 11.8. The molecule has 2 aliphatic heterocycles. The molecule has 0 bridgehead atoms. The molecule has 2 aromatic rings. The summed E-state index contributed by atoms with van der Waals surface area (Å²) in [6.45, 7) is 7.31. The summed E-state index contributed by atoms with van der Waals surface area (Å²) in [6.07, 6.45) is 3.30. The Hall–Kier alpha value is -1.88. The minimum Gasteiger partial charge on any atom is -0.496 e. The van der Waals surface area contributed by atoms with Crippen molar-refractivity contribution in [3.8, 4) is 5.75 Å². The smallest absolute Gasteiger partial charge is 0.122 e. The van der Waals surface area contributed by atoms with Crippen molar-refractivity contribution in [1.29, 1.82) is 0 Å². The SMILES string of the molecule is COc1ccccc1CCN1CCC2(CC1)CN(Cc1ccccc1)CCO2. The van der Waals surface area contributed by atoms with Gasteiger partial charge in [0.2, 0.25) is 0 Å². The minimum absolute atomic E-state index is 0.0496. The van der Waals surface area contributed by atoms with E-state index in [9.17, 15) is 0 Å². The van der Waals surface area contributed by atoms with Crippen molar-refractivity contribution in [1.82, 2.24) is 9.80 Å². The van der Waals surface area contributed by atoms with E-state index in [0.717, 1.165) is 70.9 Å². The van der Waals surface area contributed by atoms with Crippen LogP contribution in [-0.4, -0.2) is 61.8 Å². The Bertz CT molecular complexity index is 741. The average molecular weight is 381 g/mol. The molecule has 4 heteroatoms. The van der Waals surface area contributed by atoms with E-state index < -0.39 is 0 Å². The topological polar surface area (TPSA) is 24.9 Å². The second kappa shape index (κ2) is 9.08. The van der Waals surface area contributed by atoms with Crippen molar-refractivity contribution in [3.05, 3.63) is 65.7 Å². The summed E-state index contributed by atoms with van der Waals surface area (Å²) >= 11 is 0. The molecule has 0 atom stereocenters. The number of ether oxygens (including phenoxy) is 2. The van der Waals surface area contributed by atoms with Crippen LogP contribution in [0.4, 0.5) is 0 Å². The maximum atomic E-state index is 6.33. The van der Waals surface area contributed by atoms with Crippen molar-refractivity contribution in [2.24, 2.45) is 0 Å². The van der Waals surface area contributed by atoms with Crippen LogP contribution in [0.25, 0.3) is 0 Å². The summed E-state index contributed by atoms with van der Waals surface area (Å²) in [5, 5.41) is 0. The molecule has 0 aromatic heterocycles. The Balaban J connectivity index is 1.28. The molecular formula is C24H32N2O2. The number of hydrogen-bond donors (Lipinski definition) is 0. The number of nitrogens with zero attached hydrogens (tertiary/aromatic N) is 2. The molecule has 0 radical (unpaired) electrons. The van der Waals surface area contributed by atoms with Crippen LogP contribution in [0.5, 0.6) is 5.75 Å². The predicted molar refractivity (Wildman–Crippen MR) is 113 cm³/mol. The highest BCUT2D eigenvalue weighted by Crippen LogP contribution is 2.31. The zero-order chi connectivity index (χ0) is 19.2. The van der Waals surface area contributed by atoms with Crippen LogP contribution in [0.1, 0.15) is 24.0 Å². The first kappa shape index (κ1) is 19.4. The molecule has 0 amide bonds. The molecule has 4 rings (SSSR count). The van der Waals surface area contributed by atoms with E-state index in [1.165, 1.54) is 11.1 Å². The van der Waals surface area contributed by atoms with Crippen LogP contribution >= 0.6 is 0 Å². The van der Waals surface area contributed by atoms with Gasteiger partial charge in [-0.05, 0) is 36.5 Å². The van der Waals surface area contributed by atoms with Gasteiger partial charge in [0.1, 0.15) is 5.75 Å². The third kappa shape index (κ3) is 4.75. The monoisotopic (exact) mass is 380 g/mol. The molecule has 2 saturated heterocycles. The first-order valence-electron chi connectivity index (χ1n) is 10.5. The van der Waals surface area contributed by atoms with Crippen LogP contribution in [-0.2, 0) is 17.7 Å². The third-order valence-corrected chi connectivity index (χ3v) is 6.23. The van der Waals surface area contributed by atoms with E-state index in [1.807, 2.05) is 6.07 Å². The van der Waals surface area contributed by atoms with Gasteiger partial charge in [0.15, 0.2) is 0 Å². The van der Waals surface area contributed by atoms with E-state index in [1.54, 1.807) is 7.11 Å². The summed E-state index contributed by atoms with van der Waals surface area (Å²) in [4.78, 5) is 5.15. The summed E-state index contributed by atoms with van der Waals surface area (Å²) in [5.74, 6) is 1.00. The molecule has 2 aliphatic rings. The van der Waals surface area contributed by atoms with E-state index in [0.29, 0.717) is 0 Å². The molecule has 1 spiro atoms. The minimum atomic E-state index is 0.0496. The van der Waals surface area contributed by atoms with Gasteiger partial charge in [-0.25, -0.2) is 0 Å². The number of piperidine rings is 1. The maximum Gasteiger partial charge on any atom is 0.122 e. The van der Waals surface area contributed by atoms with Gasteiger partial charge in [-0.2, -0.15) is 0 Å². The third-order valence-electron chi connectivity index (χ3n) is 6.23. The van der Waals surface area contributed by atoms with Gasteiger partial charge < -0.3 is 14.4 Å². The number of para-hydroxylation sites is 1. The number of methoxy groups -OCH3 is 1. The zero-order valence-corrected chi connectivity index (χ0v) is 17.0. The number of morpholine rings is 1. The van der Waals surface area contributed by atoms with Crippen molar-refractivity contribution in [3.63, 3.8) is 0 Å². The first-order chi connectivity index (χ1) is 13.8. The molecule has 0 N–H and O–H groups in total. The second-order valence-corrected chi connectivity index (χ2v) is 8.13. The van der Waals surface area contributed by atoms with Gasteiger partial charge >= 0.3 is 0 Å². The summed E-state index contributed by atoms with van der Waals surface area (Å²) in [6, 6.07) is 19.2. The van der Waals surface area contributed by atoms with Crippen molar-refractivity contribution in [2.45, 2.75) is 31.4 Å². The molecule has 4 nitrogen and oxygen atoms in total. The Morgan fingerprint density at radius 3 is 2.46 bits per heavy atom. The molecule has 2 heterocycles. The predicted octanol–water partition coefficient (Wildman–Crippen LogP) is 3.60. The Morgan fingerprint density at radius 1 is 0.929 bits per heavy atom. The lowest BCUT2D eigenvalue weighted by Gasteiger charge is -2.47. The van der Waals surface area contributed by atoms with Crippen LogP contribution in [0.3, 0.4) is 0 Å². The van der Waals surface area contributed by atoms with E-state index in [2.05, 4.69) is 58.3 Å². The summed E-state index contributed by atoms with van der Waals surface area (Å²) in [7, 11) is 1.76. The summed E-state index contributed by atoms with van der Waals surface area (Å²) in [5.41, 5.74) is 2.75. The Kier molecular flexibility index (Phi) is 6.30. The van der Waals surface area contributed by atoms with Gasteiger partial charge in [0, 0.05) is 39.3 Å². The fraction of sp³-hybridized carbons (Fsp3) is 0.500. The first-order valence-corrected chi connectivity index (χ1v) is 10.5. The Labute approximate surface area is 169 Å². The Morgan fingerprint density at radius 2 is 1.68 bits per heavy atom. The molecule has 0 saturated carbocycles. The molecule has 2 aromatic carbocycles. The van der Waals surface area contributed by atoms with E-state index in [4.69, 9.17) is 9.47 Å². The van der Waals surface area contributed by atoms with Crippen molar-refractivity contribution < 1.29 is 9.47 Å². The highest BCUT2D eigenvalue weighted by molar-refractivity contribution is 5.33. The maximum absolute atomic E-state index is 6.33. The fourth-order valence-corrected chi connectivity index (χ4v) is 4.57. The highest BCUT2D eigenvalue weighted by atomic mass is 16.5. The lowest BCUT2D eigenvalue weighted by atomic mass is 9.89. The highest BCUT2D eigenvalue weighted by Gasteiger charge is 2.39. The van der Waals surface area contributed by atoms with Crippen molar-refractivity contribution >= 4 is 0 Å². The number of benzene rings is 2. The molecule has 0 unspecified atom stereocenters. The quantitative estimate of drug-likeness (QED) is 0.764. The lowest BCUT2D eigenvalue weighted by molar-refractivity contribution is -0.137. The van der Waals surface area contributed by atoms with Gasteiger partial charge in [-0.15, -0.1) is 0 Å². The normalized spacial score (nSPS) is 20.3. The van der Waals surface area contributed by atoms with Gasteiger partial charge in [0.25, 0.3) is 0 Å². The van der Waals surface area contributed by atoms with E-state index >= 15 is 0 Å². The number of rotatable bonds is 6. The second-order valence-electron chi connectivity index (χ2n) is 8.13. The van der Waals surface area contributed by atoms with Crippen LogP contribution in [0.2, 0.25) is 0 Å². The fourth-order valence-electron chi connectivity index (χ4n) is 4.57. The molecule has 150 valence electrons. The molecular weight excluding hydrogens is 348 g/mol. The standard InChI is InChI=1S/C24H32N2O2/c1-27-23-10-6-5-9-22(23)11-14-25-15-12-24(13-16-25)20-26(17-18-28-24)19-21-7-3-2-4-8-21/h2-10H,11-20H2,1H3. The average Bonchev–Trinajstić information content (AvgIpc) is 2.74. The largest absolute Gasteiger partial charge is 0.496 e. The number of hydrogen-bond acceptors (Lipinski definition) is 4. The van der Waals surface area contributed by atoms with Crippen LogP contribution in [0.15, 0.2) is 54.6 Å². The molecule has 2 fully saturated rings. The lowest BCUT2D eigenvalue weighted by Crippen LogP contribution is -2.56.